The zero-order chi connectivity index (χ0) is 34.4. The maximum atomic E-state index is 13.6. The highest BCUT2D eigenvalue weighted by atomic mass is 31.3. The molecule has 0 amide bonds. The Morgan fingerprint density at radius 1 is 1.00 bits per heavy atom. The first-order chi connectivity index (χ1) is 22.1. The summed E-state index contributed by atoms with van der Waals surface area (Å²) in [6.45, 7) is -0.00176. The van der Waals surface area contributed by atoms with Crippen molar-refractivity contribution in [2.45, 2.75) is 44.1 Å². The van der Waals surface area contributed by atoms with Crippen molar-refractivity contribution in [1.29, 1.82) is 0 Å². The summed E-state index contributed by atoms with van der Waals surface area (Å²) < 4.78 is 69.2. The van der Waals surface area contributed by atoms with E-state index in [-0.39, 0.29) is 18.2 Å². The largest absolute Gasteiger partial charge is 0.490 e. The second kappa shape index (κ2) is 15.3. The van der Waals surface area contributed by atoms with Gasteiger partial charge < -0.3 is 39.7 Å². The lowest BCUT2D eigenvalue weighted by Crippen LogP contribution is -2.36. The Balaban J connectivity index is 1.41. The SMILES string of the molecule is C[C@H](NP(=O)(Oc1ccccc1)OP(=O)(O)OP(=O)(O)OCC1O[C@@H](n2ccc(N)nc2=O)[C@@H](O)[C@@H]1O)C(=O)OCc1ccccc1. The summed E-state index contributed by atoms with van der Waals surface area (Å²) in [5, 5.41) is 22.8. The fourth-order valence-electron chi connectivity index (χ4n) is 4.02. The van der Waals surface area contributed by atoms with Gasteiger partial charge in [-0.15, -0.1) is 0 Å². The minimum absolute atomic E-state index is 0.125. The van der Waals surface area contributed by atoms with E-state index >= 15 is 0 Å². The van der Waals surface area contributed by atoms with Crippen molar-refractivity contribution >= 4 is 35.2 Å². The summed E-state index contributed by atoms with van der Waals surface area (Å²) in [6.07, 6.45) is -5.49. The number of carbonyl (C=O) groups is 1. The van der Waals surface area contributed by atoms with Crippen LogP contribution in [0.25, 0.3) is 0 Å². The van der Waals surface area contributed by atoms with Crippen LogP contribution in [0.1, 0.15) is 18.7 Å². The van der Waals surface area contributed by atoms with Crippen LogP contribution in [0.2, 0.25) is 0 Å². The van der Waals surface area contributed by atoms with Crippen LogP contribution in [0.4, 0.5) is 5.82 Å². The Labute approximate surface area is 266 Å². The number of phosphoric acid groups is 2. The molecule has 19 nitrogen and oxygen atoms in total. The van der Waals surface area contributed by atoms with E-state index in [2.05, 4.69) is 23.2 Å². The number of phosphoric ester groups is 1. The molecule has 2 aromatic carbocycles. The number of carbonyl (C=O) groups excluding carboxylic acids is 1. The number of aliphatic hydroxyl groups is 2. The van der Waals surface area contributed by atoms with E-state index in [1.165, 1.54) is 37.3 Å². The molecule has 2 heterocycles. The molecule has 1 saturated heterocycles. The van der Waals surface area contributed by atoms with Gasteiger partial charge in [-0.05, 0) is 30.7 Å². The fraction of sp³-hybridized carbons (Fsp3) is 0.320. The third-order valence-electron chi connectivity index (χ3n) is 6.18. The van der Waals surface area contributed by atoms with Crippen LogP contribution in [0.15, 0.2) is 77.7 Å². The molecular weight excluding hydrogens is 689 g/mol. The molecule has 1 aromatic heterocycles. The van der Waals surface area contributed by atoms with Gasteiger partial charge >= 0.3 is 35.1 Å². The van der Waals surface area contributed by atoms with Crippen LogP contribution < -0.4 is 21.0 Å². The molecular formula is C25H31N4O15P3. The van der Waals surface area contributed by atoms with Crippen molar-refractivity contribution in [2.75, 3.05) is 12.3 Å². The molecule has 8 atom stereocenters. The van der Waals surface area contributed by atoms with Gasteiger partial charge in [-0.25, -0.2) is 18.5 Å². The number of nitrogens with zero attached hydrogens (tertiary/aromatic N) is 2. The number of nitrogen functional groups attached to an aromatic ring is 1. The number of nitrogens with one attached hydrogen (secondary N) is 1. The van der Waals surface area contributed by atoms with E-state index in [4.69, 9.17) is 19.7 Å². The smallest absolute Gasteiger partial charge is 0.460 e. The average Bonchev–Trinajstić information content (AvgIpc) is 3.27. The Hall–Kier alpha value is -3.28. The number of rotatable bonds is 15. The molecule has 7 N–H and O–H groups in total. The van der Waals surface area contributed by atoms with Gasteiger partial charge in [0.2, 0.25) is 0 Å². The van der Waals surface area contributed by atoms with Crippen LogP contribution in [-0.4, -0.2) is 66.5 Å². The first-order valence-electron chi connectivity index (χ1n) is 13.5. The number of aliphatic hydroxyl groups excluding tert-OH is 2. The standard InChI is InChI=1S/C25H31N4O15P3/c1-16(24(32)39-14-17-8-4-2-5-9-17)28-45(34,42-18-10-6-3-7-11-18)43-47(37,38)44-46(35,36)40-15-19-21(30)22(31)23(41-19)29-13-12-20(26)27-25(29)33/h2-13,16,19,21-23,30-31H,14-15H2,1H3,(H,28,34)(H,35,36)(H,37,38)(H2,26,27,33)/t16-,19?,21+,22-,23+,45?/m0/s1. The normalized spacial score (nSPS) is 23.9. The molecule has 1 fully saturated rings. The molecule has 4 rings (SSSR count). The number of nitrogens with two attached hydrogens (primary N) is 1. The Bertz CT molecular complexity index is 1730. The number of hydrogen-bond acceptors (Lipinski definition) is 15. The predicted molar refractivity (Wildman–Crippen MR) is 160 cm³/mol. The van der Waals surface area contributed by atoms with Crippen LogP contribution >= 0.6 is 23.4 Å². The van der Waals surface area contributed by atoms with Gasteiger partial charge in [-0.3, -0.25) is 13.9 Å². The minimum atomic E-state index is -5.84. The summed E-state index contributed by atoms with van der Waals surface area (Å²) in [4.78, 5) is 48.6. The van der Waals surface area contributed by atoms with E-state index < -0.39 is 72.2 Å². The number of aromatic nitrogens is 2. The van der Waals surface area contributed by atoms with Crippen LogP contribution in [-0.2, 0) is 47.7 Å². The van der Waals surface area contributed by atoms with E-state index in [9.17, 15) is 43.3 Å². The van der Waals surface area contributed by atoms with Crippen molar-refractivity contribution < 1.29 is 65.6 Å². The van der Waals surface area contributed by atoms with Crippen LogP contribution in [0.3, 0.4) is 0 Å². The van der Waals surface area contributed by atoms with Crippen molar-refractivity contribution in [3.63, 3.8) is 0 Å². The van der Waals surface area contributed by atoms with Gasteiger partial charge in [-0.2, -0.15) is 18.7 Å². The number of hydrogen-bond donors (Lipinski definition) is 6. The summed E-state index contributed by atoms with van der Waals surface area (Å²) in [5.74, 6) is -1.25. The Morgan fingerprint density at radius 3 is 2.28 bits per heavy atom. The van der Waals surface area contributed by atoms with Crippen molar-refractivity contribution in [3.8, 4) is 5.75 Å². The molecule has 22 heteroatoms. The molecule has 1 aliphatic heterocycles. The topological polar surface area (TPSA) is 278 Å². The van der Waals surface area contributed by atoms with Gasteiger partial charge in [0.15, 0.2) is 6.23 Å². The van der Waals surface area contributed by atoms with Crippen molar-refractivity contribution in [1.82, 2.24) is 14.6 Å². The second-order valence-corrected chi connectivity index (χ2v) is 14.7. The van der Waals surface area contributed by atoms with E-state index in [0.717, 1.165) is 10.8 Å². The summed E-state index contributed by atoms with van der Waals surface area (Å²) in [6, 6.07) is 15.4. The lowest BCUT2D eigenvalue weighted by Gasteiger charge is -2.25. The first kappa shape index (κ1) is 36.6. The lowest BCUT2D eigenvalue weighted by molar-refractivity contribution is -0.146. The highest BCUT2D eigenvalue weighted by Gasteiger charge is 2.48. The molecule has 256 valence electrons. The van der Waals surface area contributed by atoms with Crippen molar-refractivity contribution in [2.24, 2.45) is 0 Å². The monoisotopic (exact) mass is 720 g/mol. The quantitative estimate of drug-likeness (QED) is 0.0960. The van der Waals surface area contributed by atoms with Crippen molar-refractivity contribution in [3.05, 3.63) is 89.0 Å². The average molecular weight is 720 g/mol. The summed E-state index contributed by atoms with van der Waals surface area (Å²) >= 11 is 0. The molecule has 0 radical (unpaired) electrons. The Kier molecular flexibility index (Phi) is 11.9. The molecule has 0 aliphatic carbocycles. The van der Waals surface area contributed by atoms with Gasteiger partial charge in [0.05, 0.1) is 6.61 Å². The number of para-hydroxylation sites is 1. The number of esters is 1. The number of ether oxygens (including phenoxy) is 2. The zero-order valence-electron chi connectivity index (χ0n) is 24.3. The maximum Gasteiger partial charge on any atom is 0.490 e. The Morgan fingerprint density at radius 2 is 1.64 bits per heavy atom. The van der Waals surface area contributed by atoms with E-state index in [1.807, 2.05) is 0 Å². The molecule has 0 saturated carbocycles. The molecule has 0 bridgehead atoms. The van der Waals surface area contributed by atoms with E-state index in [1.54, 1.807) is 36.4 Å². The lowest BCUT2D eigenvalue weighted by atomic mass is 10.1. The highest BCUT2D eigenvalue weighted by Crippen LogP contribution is 2.67. The van der Waals surface area contributed by atoms with Gasteiger partial charge in [0, 0.05) is 6.20 Å². The summed E-state index contributed by atoms with van der Waals surface area (Å²) in [7, 11) is -16.5. The third-order valence-corrected chi connectivity index (χ3v) is 11.1. The highest BCUT2D eigenvalue weighted by molar-refractivity contribution is 7.68. The summed E-state index contributed by atoms with van der Waals surface area (Å²) in [5.41, 5.74) is 5.13. The second-order valence-electron chi connectivity index (χ2n) is 9.83. The van der Waals surface area contributed by atoms with Gasteiger partial charge in [0.25, 0.3) is 0 Å². The minimum Gasteiger partial charge on any atom is -0.460 e. The maximum absolute atomic E-state index is 13.6. The third kappa shape index (κ3) is 10.4. The van der Waals surface area contributed by atoms with Gasteiger partial charge in [-0.1, -0.05) is 48.5 Å². The first-order valence-corrected chi connectivity index (χ1v) is 18.0. The zero-order valence-corrected chi connectivity index (χ0v) is 27.0. The molecule has 4 unspecified atom stereocenters. The number of benzene rings is 2. The molecule has 47 heavy (non-hydrogen) atoms. The molecule has 1 aliphatic rings. The molecule has 0 spiro atoms. The number of anilines is 1. The predicted octanol–water partition coefficient (Wildman–Crippen LogP) is 1.60. The van der Waals surface area contributed by atoms with E-state index in [0.29, 0.717) is 5.56 Å². The van der Waals surface area contributed by atoms with Gasteiger partial charge in [0.1, 0.15) is 42.5 Å². The van der Waals surface area contributed by atoms with Crippen LogP contribution in [0, 0.1) is 0 Å². The fourth-order valence-corrected chi connectivity index (χ4v) is 8.41. The van der Waals surface area contributed by atoms with Crippen LogP contribution in [0.5, 0.6) is 5.75 Å². The molecule has 3 aromatic rings.